The maximum absolute atomic E-state index is 6.02. The van der Waals surface area contributed by atoms with Crippen molar-refractivity contribution in [3.8, 4) is 0 Å². The zero-order valence-electron chi connectivity index (χ0n) is 18.1. The van der Waals surface area contributed by atoms with Crippen molar-refractivity contribution in [3.63, 3.8) is 0 Å². The lowest BCUT2D eigenvalue weighted by molar-refractivity contribution is 0.117. The minimum absolute atomic E-state index is 0.821. The van der Waals surface area contributed by atoms with Gasteiger partial charge < -0.3 is 39.8 Å². The molecule has 0 N–H and O–H groups in total. The second-order valence-corrected chi connectivity index (χ2v) is 31.5. The molecule has 0 unspecified atom stereocenters. The minimum atomic E-state index is -3.62. The van der Waals surface area contributed by atoms with Crippen molar-refractivity contribution in [2.75, 3.05) is 64.0 Å². The molecule has 0 heterocycles. The summed E-state index contributed by atoms with van der Waals surface area (Å²) in [6.45, 7) is -3.59. The Balaban J connectivity index is 4.33. The molecule has 1 rings (SSSR count). The Morgan fingerprint density at radius 1 is 0.429 bits per heavy atom. The average molecular weight is 469 g/mol. The van der Waals surface area contributed by atoms with Crippen LogP contribution in [0, 0.1) is 0 Å². The topological polar surface area (TPSA) is 83.1 Å². The van der Waals surface area contributed by atoms with Crippen molar-refractivity contribution in [1.82, 2.24) is 0 Å². The molecule has 28 heavy (non-hydrogen) atoms. The van der Waals surface area contributed by atoms with E-state index >= 15 is 0 Å². The van der Waals surface area contributed by atoms with Crippen molar-refractivity contribution < 1.29 is 39.8 Å². The van der Waals surface area contributed by atoms with Gasteiger partial charge in [0.1, 0.15) is 0 Å². The van der Waals surface area contributed by atoms with Crippen LogP contribution in [0.4, 0.5) is 0 Å². The molecule has 0 aliphatic carbocycles. The predicted octanol–water partition coefficient (Wildman–Crippen LogP) is 0.212. The molecular weight excluding hydrogens is 437 g/mol. The third kappa shape index (κ3) is 3.43. The molecule has 0 aromatic heterocycles. The molecular formula is C15H32O9Si4. The van der Waals surface area contributed by atoms with Crippen LogP contribution in [-0.4, -0.2) is 95.6 Å². The lowest BCUT2D eigenvalue weighted by Crippen LogP contribution is -2.98. The molecule has 0 radical (unpaired) electrons. The van der Waals surface area contributed by atoms with Crippen LogP contribution in [0.25, 0.3) is 0 Å². The van der Waals surface area contributed by atoms with Crippen LogP contribution in [0.15, 0.2) is 30.3 Å². The maximum Gasteiger partial charge on any atom is 0.487 e. The Labute approximate surface area is 171 Å². The standard InChI is InChI=1S/C15H32O9Si4/c1-16-26(17-2,18-3)25(15-13-11-10-12-14-15,27(19-4,20-5)21-6)28(22-7,23-8)24-9/h10-14H,1-9H3. The van der Waals surface area contributed by atoms with Gasteiger partial charge in [0.25, 0.3) is 0 Å². The molecule has 0 atom stereocenters. The molecule has 0 saturated heterocycles. The molecule has 0 fully saturated rings. The summed E-state index contributed by atoms with van der Waals surface area (Å²) in [5.74, 6) is 0. The summed E-state index contributed by atoms with van der Waals surface area (Å²) >= 11 is 0. The normalized spacial score (nSPS) is 13.8. The van der Waals surface area contributed by atoms with E-state index in [1.807, 2.05) is 30.3 Å². The van der Waals surface area contributed by atoms with E-state index in [9.17, 15) is 0 Å². The molecule has 0 aliphatic rings. The van der Waals surface area contributed by atoms with Crippen LogP contribution in [0.5, 0.6) is 0 Å². The van der Waals surface area contributed by atoms with Crippen LogP contribution in [0.3, 0.4) is 0 Å². The minimum Gasteiger partial charge on any atom is -0.380 e. The Morgan fingerprint density at radius 3 is 0.893 bits per heavy atom. The summed E-state index contributed by atoms with van der Waals surface area (Å²) in [6, 6.07) is 9.57. The summed E-state index contributed by atoms with van der Waals surface area (Å²) < 4.78 is 54.2. The molecule has 13 heteroatoms. The lowest BCUT2D eigenvalue weighted by atomic mass is 10.4. The molecule has 9 nitrogen and oxygen atoms in total. The van der Waals surface area contributed by atoms with E-state index in [1.54, 1.807) is 0 Å². The largest absolute Gasteiger partial charge is 0.487 e. The van der Waals surface area contributed by atoms with Gasteiger partial charge in [-0.1, -0.05) is 30.3 Å². The first-order chi connectivity index (χ1) is 13.4. The highest BCUT2D eigenvalue weighted by molar-refractivity contribution is 7.86. The summed E-state index contributed by atoms with van der Waals surface area (Å²) in [6.07, 6.45) is 0. The van der Waals surface area contributed by atoms with Crippen LogP contribution < -0.4 is 5.19 Å². The van der Waals surface area contributed by atoms with Gasteiger partial charge in [0.05, 0.1) is 0 Å². The number of hydrogen-bond donors (Lipinski definition) is 0. The van der Waals surface area contributed by atoms with Crippen LogP contribution >= 0.6 is 0 Å². The van der Waals surface area contributed by atoms with Gasteiger partial charge in [-0.05, 0) is 5.19 Å². The van der Waals surface area contributed by atoms with E-state index in [1.165, 1.54) is 64.0 Å². The molecule has 0 spiro atoms. The van der Waals surface area contributed by atoms with E-state index in [2.05, 4.69) is 0 Å². The molecule has 0 amide bonds. The van der Waals surface area contributed by atoms with Gasteiger partial charge in [-0.2, -0.15) is 0 Å². The number of rotatable bonds is 13. The van der Waals surface area contributed by atoms with E-state index in [4.69, 9.17) is 39.8 Å². The number of benzene rings is 1. The maximum atomic E-state index is 6.02. The molecule has 1 aromatic carbocycles. The van der Waals surface area contributed by atoms with Crippen molar-refractivity contribution in [1.29, 1.82) is 0 Å². The lowest BCUT2D eigenvalue weighted by Gasteiger charge is -2.52. The highest BCUT2D eigenvalue weighted by Gasteiger charge is 2.92. The highest BCUT2D eigenvalue weighted by atomic mass is 30.0. The van der Waals surface area contributed by atoms with Gasteiger partial charge in [-0.3, -0.25) is 0 Å². The first kappa shape index (κ1) is 25.8. The van der Waals surface area contributed by atoms with Gasteiger partial charge in [0.15, 0.2) is 0 Å². The fourth-order valence-electron chi connectivity index (χ4n) is 3.91. The third-order valence-electron chi connectivity index (χ3n) is 5.00. The van der Waals surface area contributed by atoms with E-state index in [-0.39, 0.29) is 0 Å². The number of hydrogen-bond acceptors (Lipinski definition) is 9. The smallest absolute Gasteiger partial charge is 0.380 e. The summed E-state index contributed by atoms with van der Waals surface area (Å²) in [4.78, 5) is 0. The van der Waals surface area contributed by atoms with E-state index < -0.39 is 31.6 Å². The Hall–Kier alpha value is -0.272. The van der Waals surface area contributed by atoms with E-state index in [0.29, 0.717) is 0 Å². The van der Waals surface area contributed by atoms with E-state index in [0.717, 1.165) is 5.19 Å². The second-order valence-electron chi connectivity index (χ2n) is 5.62. The SMILES string of the molecule is CO[Si](OC)(OC)[Si](c1ccccc1)([Si](OC)(OC)OC)[Si](OC)(OC)OC. The molecule has 0 aliphatic heterocycles. The second kappa shape index (κ2) is 10.7. The molecule has 0 saturated carbocycles. The zero-order valence-corrected chi connectivity index (χ0v) is 22.1. The Bertz CT molecular complexity index is 505. The molecule has 1 aromatic rings. The van der Waals surface area contributed by atoms with Crippen molar-refractivity contribution in [2.24, 2.45) is 0 Å². The Morgan fingerprint density at radius 2 is 0.679 bits per heavy atom. The fourth-order valence-corrected chi connectivity index (χ4v) is 54.0. The van der Waals surface area contributed by atoms with Gasteiger partial charge >= 0.3 is 31.6 Å². The van der Waals surface area contributed by atoms with Crippen LogP contribution in [0.2, 0.25) is 0 Å². The fraction of sp³-hybridized carbons (Fsp3) is 0.600. The Kier molecular flexibility index (Phi) is 9.81. The van der Waals surface area contributed by atoms with Gasteiger partial charge in [-0.15, -0.1) is 0 Å². The van der Waals surface area contributed by atoms with Crippen molar-refractivity contribution in [2.45, 2.75) is 0 Å². The molecule has 162 valence electrons. The monoisotopic (exact) mass is 468 g/mol. The zero-order chi connectivity index (χ0) is 21.5. The summed E-state index contributed by atoms with van der Waals surface area (Å²) in [7, 11) is 2.92. The molecule has 0 bridgehead atoms. The quantitative estimate of drug-likeness (QED) is 0.377. The van der Waals surface area contributed by atoms with Crippen LogP contribution in [0.1, 0.15) is 0 Å². The van der Waals surface area contributed by atoms with Crippen molar-refractivity contribution in [3.05, 3.63) is 30.3 Å². The highest BCUT2D eigenvalue weighted by Crippen LogP contribution is 2.39. The van der Waals surface area contributed by atoms with Crippen molar-refractivity contribution >= 4 is 36.8 Å². The van der Waals surface area contributed by atoms with Gasteiger partial charge in [0, 0.05) is 64.0 Å². The first-order valence-corrected chi connectivity index (χ1v) is 18.6. The van der Waals surface area contributed by atoms with Gasteiger partial charge in [-0.25, -0.2) is 0 Å². The van der Waals surface area contributed by atoms with Gasteiger partial charge in [0.2, 0.25) is 0 Å². The summed E-state index contributed by atoms with van der Waals surface area (Å²) in [5.41, 5.74) is 0. The average Bonchev–Trinajstić information content (AvgIpc) is 2.78. The summed E-state index contributed by atoms with van der Waals surface area (Å²) in [5, 5.41) is 0.821. The third-order valence-corrected chi connectivity index (χ3v) is 46.7. The first-order valence-electron chi connectivity index (χ1n) is 8.42. The predicted molar refractivity (Wildman–Crippen MR) is 112 cm³/mol. The van der Waals surface area contributed by atoms with Crippen LogP contribution in [-0.2, 0) is 39.8 Å².